The Morgan fingerprint density at radius 2 is 2.12 bits per heavy atom. The molecule has 0 aromatic heterocycles. The molecule has 1 unspecified atom stereocenters. The molecule has 0 saturated heterocycles. The molecule has 0 saturated carbocycles. The number of ether oxygens (including phenoxy) is 1. The van der Waals surface area contributed by atoms with E-state index in [1.165, 1.54) is 19.1 Å². The second-order valence-electron chi connectivity index (χ2n) is 2.95. The van der Waals surface area contributed by atoms with Crippen molar-refractivity contribution in [3.8, 4) is 0 Å². The molecule has 0 amide bonds. The average molecular weight is 259 g/mol. The van der Waals surface area contributed by atoms with Crippen molar-refractivity contribution in [1.82, 2.24) is 0 Å². The molecular weight excluding hydrogens is 249 g/mol. The van der Waals surface area contributed by atoms with E-state index in [0.717, 1.165) is 0 Å². The highest BCUT2D eigenvalue weighted by molar-refractivity contribution is 8.01. The quantitative estimate of drug-likeness (QED) is 0.202. The van der Waals surface area contributed by atoms with E-state index < -0.39 is 16.0 Å². The molecule has 1 rings (SSSR count). The molecule has 0 heterocycles. The first-order valence-corrected chi connectivity index (χ1v) is 5.57. The number of nitrogens with zero attached hydrogens (tertiary/aromatic N) is 1. The fourth-order valence-electron chi connectivity index (χ4n) is 1.02. The van der Waals surface area contributed by atoms with Crippen molar-refractivity contribution >= 4 is 17.7 Å². The number of carbonyl (C=O) groups is 1. The molecule has 0 aliphatic heterocycles. The summed E-state index contributed by atoms with van der Waals surface area (Å²) < 4.78 is 18.3. The Morgan fingerprint density at radius 3 is 2.59 bits per heavy atom. The molecule has 0 spiro atoms. The van der Waals surface area contributed by atoms with Crippen molar-refractivity contribution in [3.63, 3.8) is 0 Å². The van der Waals surface area contributed by atoms with E-state index in [9.17, 15) is 19.3 Å². The van der Waals surface area contributed by atoms with Crippen LogP contribution < -0.4 is 0 Å². The Bertz CT molecular complexity index is 414. The number of benzene rings is 1. The number of rotatable bonds is 5. The van der Waals surface area contributed by atoms with Gasteiger partial charge in [-0.1, -0.05) is 18.2 Å². The zero-order valence-electron chi connectivity index (χ0n) is 8.96. The normalized spacial score (nSPS) is 13.8. The van der Waals surface area contributed by atoms with Gasteiger partial charge in [0.2, 0.25) is 0 Å². The SMILES string of the molecule is CCOC(=O)C(F)(Sc1ccccc1)[N+](=O)[O-]. The molecule has 1 atom stereocenters. The van der Waals surface area contributed by atoms with Crippen LogP contribution in [0.4, 0.5) is 4.39 Å². The zero-order chi connectivity index (χ0) is 12.9. The largest absolute Gasteiger partial charge is 0.508 e. The van der Waals surface area contributed by atoms with Crippen LogP contribution in [0.15, 0.2) is 35.2 Å². The number of esters is 1. The fraction of sp³-hybridized carbons (Fsp3) is 0.300. The summed E-state index contributed by atoms with van der Waals surface area (Å²) >= 11 is 0.207. The van der Waals surface area contributed by atoms with Crippen LogP contribution in [0.25, 0.3) is 0 Å². The van der Waals surface area contributed by atoms with Crippen LogP contribution in [0, 0.1) is 10.1 Å². The fourth-order valence-corrected chi connectivity index (χ4v) is 1.84. The Hall–Kier alpha value is -1.63. The lowest BCUT2D eigenvalue weighted by atomic mass is 10.4. The minimum atomic E-state index is -3.31. The van der Waals surface area contributed by atoms with Crippen LogP contribution in [-0.4, -0.2) is 22.6 Å². The van der Waals surface area contributed by atoms with Gasteiger partial charge in [0.1, 0.15) is 0 Å². The minimum Gasteiger partial charge on any atom is -0.458 e. The number of nitro groups is 1. The number of halogens is 1. The second kappa shape index (κ2) is 5.62. The molecule has 1 aromatic carbocycles. The monoisotopic (exact) mass is 259 g/mol. The Balaban J connectivity index is 2.93. The molecular formula is C10H10FNO4S. The summed E-state index contributed by atoms with van der Waals surface area (Å²) in [5.74, 6) is -1.50. The van der Waals surface area contributed by atoms with E-state index in [1.807, 2.05) is 0 Å². The van der Waals surface area contributed by atoms with Gasteiger partial charge in [-0.3, -0.25) is 10.1 Å². The van der Waals surface area contributed by atoms with Crippen LogP contribution >= 0.6 is 11.8 Å². The predicted molar refractivity (Wildman–Crippen MR) is 59.8 cm³/mol. The second-order valence-corrected chi connectivity index (χ2v) is 4.17. The lowest BCUT2D eigenvalue weighted by Crippen LogP contribution is -2.40. The third-order valence-electron chi connectivity index (χ3n) is 1.76. The molecule has 1 aromatic rings. The topological polar surface area (TPSA) is 69.4 Å². The van der Waals surface area contributed by atoms with E-state index in [-0.39, 0.29) is 23.3 Å². The van der Waals surface area contributed by atoms with Gasteiger partial charge in [-0.2, -0.15) is 0 Å². The molecule has 0 bridgehead atoms. The molecule has 5 nitrogen and oxygen atoms in total. The van der Waals surface area contributed by atoms with Gasteiger partial charge < -0.3 is 4.74 Å². The van der Waals surface area contributed by atoms with E-state index in [2.05, 4.69) is 4.74 Å². The molecule has 0 aliphatic rings. The van der Waals surface area contributed by atoms with E-state index in [1.54, 1.807) is 18.2 Å². The zero-order valence-corrected chi connectivity index (χ0v) is 9.78. The van der Waals surface area contributed by atoms with Crippen LogP contribution in [-0.2, 0) is 9.53 Å². The third-order valence-corrected chi connectivity index (χ3v) is 2.85. The van der Waals surface area contributed by atoms with Crippen molar-refractivity contribution in [1.29, 1.82) is 0 Å². The van der Waals surface area contributed by atoms with Gasteiger partial charge in [0.05, 0.1) is 11.5 Å². The average Bonchev–Trinajstić information content (AvgIpc) is 2.30. The Morgan fingerprint density at radius 1 is 1.53 bits per heavy atom. The Labute approximate surface area is 101 Å². The first kappa shape index (κ1) is 13.4. The third kappa shape index (κ3) is 3.16. The molecule has 92 valence electrons. The summed E-state index contributed by atoms with van der Waals surface area (Å²) in [6, 6.07) is 7.81. The number of thioether (sulfide) groups is 1. The minimum absolute atomic E-state index is 0.117. The van der Waals surface area contributed by atoms with Gasteiger partial charge in [0.25, 0.3) is 0 Å². The lowest BCUT2D eigenvalue weighted by Gasteiger charge is -2.13. The van der Waals surface area contributed by atoms with Crippen LogP contribution in [0.3, 0.4) is 0 Å². The highest BCUT2D eigenvalue weighted by Crippen LogP contribution is 2.35. The summed E-state index contributed by atoms with van der Waals surface area (Å²) in [4.78, 5) is 20.9. The standard InChI is InChI=1S/C10H10FNO4S/c1-2-16-9(13)10(11,12(14)15)17-8-6-4-3-5-7-8/h3-7H,2H2,1H3. The summed E-state index contributed by atoms with van der Waals surface area (Å²) in [7, 11) is 0. The molecule has 0 N–H and O–H groups in total. The maximum absolute atomic E-state index is 14.0. The van der Waals surface area contributed by atoms with Gasteiger partial charge in [0.15, 0.2) is 0 Å². The highest BCUT2D eigenvalue weighted by Gasteiger charge is 2.55. The van der Waals surface area contributed by atoms with E-state index in [0.29, 0.717) is 0 Å². The van der Waals surface area contributed by atoms with Gasteiger partial charge in [-0.05, 0) is 19.1 Å². The lowest BCUT2D eigenvalue weighted by molar-refractivity contribution is -0.556. The van der Waals surface area contributed by atoms with Crippen molar-refractivity contribution in [2.24, 2.45) is 0 Å². The number of hydrogen-bond donors (Lipinski definition) is 0. The van der Waals surface area contributed by atoms with Crippen molar-refractivity contribution in [3.05, 3.63) is 40.4 Å². The smallest absolute Gasteiger partial charge is 0.458 e. The Kier molecular flexibility index (Phi) is 4.45. The number of alkyl halides is 1. The van der Waals surface area contributed by atoms with Gasteiger partial charge in [0, 0.05) is 16.7 Å². The van der Waals surface area contributed by atoms with Crippen molar-refractivity contribution < 1.29 is 18.8 Å². The summed E-state index contributed by atoms with van der Waals surface area (Å²) in [6.07, 6.45) is 0. The van der Waals surface area contributed by atoms with Crippen molar-refractivity contribution in [2.45, 2.75) is 16.9 Å². The molecule has 0 fully saturated rings. The highest BCUT2D eigenvalue weighted by atomic mass is 32.2. The predicted octanol–water partition coefficient (Wildman–Crippen LogP) is 2.24. The van der Waals surface area contributed by atoms with Crippen LogP contribution in [0.1, 0.15) is 6.92 Å². The van der Waals surface area contributed by atoms with E-state index >= 15 is 0 Å². The van der Waals surface area contributed by atoms with Crippen LogP contribution in [0.2, 0.25) is 0 Å². The van der Waals surface area contributed by atoms with Gasteiger partial charge >= 0.3 is 11.1 Å². The number of carbonyl (C=O) groups excluding carboxylic acids is 1. The summed E-state index contributed by atoms with van der Waals surface area (Å²) in [5.41, 5.74) is 0. The van der Waals surface area contributed by atoms with E-state index in [4.69, 9.17) is 0 Å². The molecule has 7 heteroatoms. The van der Waals surface area contributed by atoms with Crippen LogP contribution in [0.5, 0.6) is 0 Å². The first-order valence-electron chi connectivity index (χ1n) is 4.75. The molecule has 17 heavy (non-hydrogen) atoms. The van der Waals surface area contributed by atoms with Gasteiger partial charge in [-0.25, -0.2) is 4.79 Å². The summed E-state index contributed by atoms with van der Waals surface area (Å²) in [6.45, 7) is 1.33. The van der Waals surface area contributed by atoms with Gasteiger partial charge in [-0.15, -0.1) is 4.39 Å². The molecule has 0 aliphatic carbocycles. The molecule has 0 radical (unpaired) electrons. The number of hydrogen-bond acceptors (Lipinski definition) is 5. The summed E-state index contributed by atoms with van der Waals surface area (Å²) in [5, 5.41) is 7.34. The first-order chi connectivity index (χ1) is 8.00. The van der Waals surface area contributed by atoms with Crippen molar-refractivity contribution in [2.75, 3.05) is 6.61 Å². The maximum atomic E-state index is 14.0. The maximum Gasteiger partial charge on any atom is 0.508 e.